The van der Waals surface area contributed by atoms with Crippen LogP contribution in [0.5, 0.6) is 0 Å². The van der Waals surface area contributed by atoms with Crippen LogP contribution in [0.4, 0.5) is 5.82 Å². The quantitative estimate of drug-likeness (QED) is 0.657. The Balaban J connectivity index is 2.73. The third-order valence-corrected chi connectivity index (χ3v) is 1.86. The maximum absolute atomic E-state index is 10.8. The van der Waals surface area contributed by atoms with Gasteiger partial charge in [0.25, 0.3) is 0 Å². The second-order valence-corrected chi connectivity index (χ2v) is 2.98. The maximum atomic E-state index is 10.8. The minimum Gasteiger partial charge on any atom is -0.383 e. The number of methoxy groups -OCH3 is 1. The van der Waals surface area contributed by atoms with Crippen molar-refractivity contribution in [2.45, 2.75) is 6.92 Å². The van der Waals surface area contributed by atoms with Gasteiger partial charge in [0.1, 0.15) is 5.82 Å². The highest BCUT2D eigenvalue weighted by atomic mass is 16.5. The SMILES string of the molecule is COCCN(C=O)c1cc(C)ccn1. The van der Waals surface area contributed by atoms with Crippen molar-refractivity contribution in [2.75, 3.05) is 25.2 Å². The van der Waals surface area contributed by atoms with E-state index in [4.69, 9.17) is 4.74 Å². The molecule has 0 N–H and O–H groups in total. The molecule has 0 aliphatic heterocycles. The molecule has 0 radical (unpaired) electrons. The van der Waals surface area contributed by atoms with Crippen molar-refractivity contribution in [2.24, 2.45) is 0 Å². The number of carbonyl (C=O) groups is 1. The van der Waals surface area contributed by atoms with Gasteiger partial charge >= 0.3 is 0 Å². The molecule has 0 saturated carbocycles. The molecule has 0 aliphatic carbocycles. The molecule has 1 aromatic rings. The van der Waals surface area contributed by atoms with Gasteiger partial charge in [-0.1, -0.05) is 0 Å². The summed E-state index contributed by atoms with van der Waals surface area (Å²) in [5.74, 6) is 0.664. The van der Waals surface area contributed by atoms with Gasteiger partial charge in [0.05, 0.1) is 13.2 Å². The Hall–Kier alpha value is -1.42. The Morgan fingerprint density at radius 1 is 1.64 bits per heavy atom. The summed E-state index contributed by atoms with van der Waals surface area (Å²) >= 11 is 0. The number of hydrogen-bond donors (Lipinski definition) is 0. The summed E-state index contributed by atoms with van der Waals surface area (Å²) in [5.41, 5.74) is 1.08. The Morgan fingerprint density at radius 2 is 2.43 bits per heavy atom. The van der Waals surface area contributed by atoms with E-state index in [1.807, 2.05) is 19.1 Å². The first-order valence-corrected chi connectivity index (χ1v) is 4.41. The molecule has 1 rings (SSSR count). The minimum atomic E-state index is 0.508. The van der Waals surface area contributed by atoms with Gasteiger partial charge < -0.3 is 4.74 Å². The molecule has 1 amide bonds. The number of carbonyl (C=O) groups excluding carboxylic acids is 1. The van der Waals surface area contributed by atoms with Crippen LogP contribution in [-0.2, 0) is 9.53 Å². The van der Waals surface area contributed by atoms with Crippen LogP contribution in [0.25, 0.3) is 0 Å². The summed E-state index contributed by atoms with van der Waals surface area (Å²) in [6.45, 7) is 3.00. The zero-order chi connectivity index (χ0) is 10.4. The van der Waals surface area contributed by atoms with Crippen molar-refractivity contribution in [1.29, 1.82) is 0 Å². The fourth-order valence-corrected chi connectivity index (χ4v) is 1.09. The average Bonchev–Trinajstić information content (AvgIpc) is 2.19. The molecule has 0 bridgehead atoms. The second-order valence-electron chi connectivity index (χ2n) is 2.98. The largest absolute Gasteiger partial charge is 0.383 e. The van der Waals surface area contributed by atoms with Crippen LogP contribution in [-0.4, -0.2) is 31.7 Å². The summed E-state index contributed by atoms with van der Waals surface area (Å²) in [7, 11) is 1.60. The van der Waals surface area contributed by atoms with Gasteiger partial charge in [-0.05, 0) is 24.6 Å². The van der Waals surface area contributed by atoms with Gasteiger partial charge in [-0.15, -0.1) is 0 Å². The van der Waals surface area contributed by atoms with E-state index in [-0.39, 0.29) is 0 Å². The topological polar surface area (TPSA) is 42.4 Å². The molecule has 0 atom stereocenters. The second kappa shape index (κ2) is 5.34. The normalized spacial score (nSPS) is 9.86. The van der Waals surface area contributed by atoms with Gasteiger partial charge in [-0.25, -0.2) is 4.98 Å². The summed E-state index contributed by atoms with van der Waals surface area (Å²) in [5, 5.41) is 0. The fourth-order valence-electron chi connectivity index (χ4n) is 1.09. The zero-order valence-electron chi connectivity index (χ0n) is 8.43. The van der Waals surface area contributed by atoms with E-state index in [2.05, 4.69) is 4.98 Å². The molecular weight excluding hydrogens is 180 g/mol. The van der Waals surface area contributed by atoms with Crippen molar-refractivity contribution >= 4 is 12.2 Å². The molecule has 14 heavy (non-hydrogen) atoms. The first kappa shape index (κ1) is 10.7. The summed E-state index contributed by atoms with van der Waals surface area (Å²) in [6.07, 6.45) is 2.45. The van der Waals surface area contributed by atoms with Gasteiger partial charge in [0.2, 0.25) is 6.41 Å². The average molecular weight is 194 g/mol. The molecule has 1 aromatic heterocycles. The van der Waals surface area contributed by atoms with Crippen LogP contribution in [0, 0.1) is 6.92 Å². The lowest BCUT2D eigenvalue weighted by atomic mass is 10.3. The lowest BCUT2D eigenvalue weighted by molar-refractivity contribution is -0.107. The molecule has 4 heteroatoms. The van der Waals surface area contributed by atoms with Crippen molar-refractivity contribution in [3.8, 4) is 0 Å². The van der Waals surface area contributed by atoms with Crippen molar-refractivity contribution in [3.63, 3.8) is 0 Å². The smallest absolute Gasteiger partial charge is 0.215 e. The minimum absolute atomic E-state index is 0.508. The zero-order valence-corrected chi connectivity index (χ0v) is 8.43. The molecule has 1 heterocycles. The van der Waals surface area contributed by atoms with Crippen molar-refractivity contribution < 1.29 is 9.53 Å². The highest BCUT2D eigenvalue weighted by Crippen LogP contribution is 2.09. The van der Waals surface area contributed by atoms with Crippen LogP contribution in [0.3, 0.4) is 0 Å². The lowest BCUT2D eigenvalue weighted by Gasteiger charge is -2.15. The van der Waals surface area contributed by atoms with Gasteiger partial charge in [-0.2, -0.15) is 0 Å². The molecule has 0 aliphatic rings. The Labute approximate surface area is 83.5 Å². The predicted molar refractivity (Wildman–Crippen MR) is 54.3 cm³/mol. The Morgan fingerprint density at radius 3 is 3.00 bits per heavy atom. The van der Waals surface area contributed by atoms with Gasteiger partial charge in [0.15, 0.2) is 0 Å². The fraction of sp³-hybridized carbons (Fsp3) is 0.400. The van der Waals surface area contributed by atoms with E-state index in [1.165, 1.54) is 4.90 Å². The van der Waals surface area contributed by atoms with Gasteiger partial charge in [0, 0.05) is 13.3 Å². The third kappa shape index (κ3) is 2.81. The first-order chi connectivity index (χ1) is 6.77. The monoisotopic (exact) mass is 194 g/mol. The van der Waals surface area contributed by atoms with E-state index in [1.54, 1.807) is 13.3 Å². The predicted octanol–water partition coefficient (Wildman–Crippen LogP) is 0.999. The molecule has 0 fully saturated rings. The van der Waals surface area contributed by atoms with Crippen LogP contribution in [0.1, 0.15) is 5.56 Å². The number of anilines is 1. The van der Waals surface area contributed by atoms with E-state index in [9.17, 15) is 4.79 Å². The summed E-state index contributed by atoms with van der Waals surface area (Å²) < 4.78 is 4.90. The molecule has 0 unspecified atom stereocenters. The summed E-state index contributed by atoms with van der Waals surface area (Å²) in [6, 6.07) is 3.76. The number of ether oxygens (including phenoxy) is 1. The van der Waals surface area contributed by atoms with Crippen LogP contribution >= 0.6 is 0 Å². The number of rotatable bonds is 5. The molecular formula is C10H14N2O2. The third-order valence-electron chi connectivity index (χ3n) is 1.86. The number of pyridine rings is 1. The molecule has 76 valence electrons. The van der Waals surface area contributed by atoms with Crippen molar-refractivity contribution in [1.82, 2.24) is 4.98 Å². The highest BCUT2D eigenvalue weighted by molar-refractivity contribution is 5.72. The molecule has 0 saturated heterocycles. The molecule has 4 nitrogen and oxygen atoms in total. The van der Waals surface area contributed by atoms with Crippen LogP contribution in [0.15, 0.2) is 18.3 Å². The van der Waals surface area contributed by atoms with Gasteiger partial charge in [-0.3, -0.25) is 9.69 Å². The number of nitrogens with zero attached hydrogens (tertiary/aromatic N) is 2. The van der Waals surface area contributed by atoms with E-state index >= 15 is 0 Å². The highest BCUT2D eigenvalue weighted by Gasteiger charge is 2.05. The molecule has 0 spiro atoms. The lowest BCUT2D eigenvalue weighted by Crippen LogP contribution is -2.26. The number of aryl methyl sites for hydroxylation is 1. The van der Waals surface area contributed by atoms with E-state index in [0.717, 1.165) is 12.0 Å². The van der Waals surface area contributed by atoms with Crippen LogP contribution in [0.2, 0.25) is 0 Å². The standard InChI is InChI=1S/C10H14N2O2/c1-9-3-4-11-10(7-9)12(8-13)5-6-14-2/h3-4,7-8H,5-6H2,1-2H3. The van der Waals surface area contributed by atoms with E-state index < -0.39 is 0 Å². The maximum Gasteiger partial charge on any atom is 0.215 e. The number of amides is 1. The first-order valence-electron chi connectivity index (χ1n) is 4.41. The number of hydrogen-bond acceptors (Lipinski definition) is 3. The number of aromatic nitrogens is 1. The van der Waals surface area contributed by atoms with E-state index in [0.29, 0.717) is 19.0 Å². The van der Waals surface area contributed by atoms with Crippen molar-refractivity contribution in [3.05, 3.63) is 23.9 Å². The Kier molecular flexibility index (Phi) is 4.07. The molecule has 0 aromatic carbocycles. The summed E-state index contributed by atoms with van der Waals surface area (Å²) in [4.78, 5) is 16.4. The van der Waals surface area contributed by atoms with Crippen LogP contribution < -0.4 is 4.90 Å². The Bertz CT molecular complexity index is 302.